The van der Waals surface area contributed by atoms with Crippen molar-refractivity contribution in [2.45, 2.75) is 32.6 Å². The standard InChI is InChI=1S/C16H24O5/c1-5-21-16(18)11(2)13-10-15(20-4)14(19-3)9-12(13)7-6-8-17/h9-11,17H,5-8H2,1-4H3/t11-/m1/s1. The highest BCUT2D eigenvalue weighted by atomic mass is 16.5. The second-order valence-electron chi connectivity index (χ2n) is 4.71. The van der Waals surface area contributed by atoms with Gasteiger partial charge in [0.05, 0.1) is 26.7 Å². The third kappa shape index (κ3) is 4.36. The van der Waals surface area contributed by atoms with Crippen LogP contribution in [-0.4, -0.2) is 38.5 Å². The van der Waals surface area contributed by atoms with Crippen LogP contribution in [0, 0.1) is 0 Å². The fourth-order valence-corrected chi connectivity index (χ4v) is 2.22. The first kappa shape index (κ1) is 17.3. The van der Waals surface area contributed by atoms with E-state index in [0.717, 1.165) is 11.1 Å². The first-order chi connectivity index (χ1) is 10.1. The van der Waals surface area contributed by atoms with E-state index in [2.05, 4.69) is 0 Å². The van der Waals surface area contributed by atoms with Gasteiger partial charge in [-0.05, 0) is 49.9 Å². The predicted molar refractivity (Wildman–Crippen MR) is 80.0 cm³/mol. The summed E-state index contributed by atoms with van der Waals surface area (Å²) in [6.45, 7) is 4.04. The molecule has 0 fully saturated rings. The molecule has 21 heavy (non-hydrogen) atoms. The topological polar surface area (TPSA) is 65.0 Å². The number of methoxy groups -OCH3 is 2. The third-order valence-electron chi connectivity index (χ3n) is 3.36. The summed E-state index contributed by atoms with van der Waals surface area (Å²) in [7, 11) is 3.13. The fourth-order valence-electron chi connectivity index (χ4n) is 2.22. The molecule has 0 saturated carbocycles. The summed E-state index contributed by atoms with van der Waals surface area (Å²) in [6.07, 6.45) is 1.29. The molecule has 0 bridgehead atoms. The number of aliphatic hydroxyl groups is 1. The Morgan fingerprint density at radius 3 is 2.38 bits per heavy atom. The second kappa shape index (κ2) is 8.52. The van der Waals surface area contributed by atoms with Gasteiger partial charge in [0.15, 0.2) is 11.5 Å². The molecular weight excluding hydrogens is 272 g/mol. The van der Waals surface area contributed by atoms with Gasteiger partial charge in [-0.1, -0.05) is 0 Å². The van der Waals surface area contributed by atoms with Crippen LogP contribution in [0.5, 0.6) is 11.5 Å². The molecule has 1 N–H and O–H groups in total. The summed E-state index contributed by atoms with van der Waals surface area (Å²) in [4.78, 5) is 12.0. The molecule has 0 aliphatic carbocycles. The maximum Gasteiger partial charge on any atom is 0.313 e. The number of esters is 1. The van der Waals surface area contributed by atoms with E-state index in [1.807, 2.05) is 19.1 Å². The maximum absolute atomic E-state index is 12.0. The van der Waals surface area contributed by atoms with Crippen molar-refractivity contribution in [3.05, 3.63) is 23.3 Å². The van der Waals surface area contributed by atoms with E-state index in [1.165, 1.54) is 0 Å². The SMILES string of the molecule is CCOC(=O)[C@H](C)c1cc(OC)c(OC)cc1CCCO. The van der Waals surface area contributed by atoms with Crippen molar-refractivity contribution in [3.63, 3.8) is 0 Å². The molecule has 0 saturated heterocycles. The van der Waals surface area contributed by atoms with E-state index in [-0.39, 0.29) is 12.6 Å². The summed E-state index contributed by atoms with van der Waals surface area (Å²) in [6, 6.07) is 3.67. The molecule has 0 spiro atoms. The Labute approximate surface area is 125 Å². The molecule has 0 aliphatic heterocycles. The zero-order chi connectivity index (χ0) is 15.8. The van der Waals surface area contributed by atoms with Crippen molar-refractivity contribution in [1.29, 1.82) is 0 Å². The number of aliphatic hydroxyl groups excluding tert-OH is 1. The number of carbonyl (C=O) groups excluding carboxylic acids is 1. The minimum atomic E-state index is -0.390. The predicted octanol–water partition coefficient (Wildman–Crippen LogP) is 2.30. The van der Waals surface area contributed by atoms with Crippen molar-refractivity contribution >= 4 is 5.97 Å². The lowest BCUT2D eigenvalue weighted by Crippen LogP contribution is -2.15. The number of benzene rings is 1. The van der Waals surface area contributed by atoms with Crippen molar-refractivity contribution in [3.8, 4) is 11.5 Å². The monoisotopic (exact) mass is 296 g/mol. The van der Waals surface area contributed by atoms with Crippen molar-refractivity contribution in [1.82, 2.24) is 0 Å². The van der Waals surface area contributed by atoms with Crippen LogP contribution < -0.4 is 9.47 Å². The van der Waals surface area contributed by atoms with E-state index in [9.17, 15) is 4.79 Å². The number of ether oxygens (including phenoxy) is 3. The highest BCUT2D eigenvalue weighted by Gasteiger charge is 2.22. The normalized spacial score (nSPS) is 11.9. The Hall–Kier alpha value is -1.75. The lowest BCUT2D eigenvalue weighted by molar-refractivity contribution is -0.144. The van der Waals surface area contributed by atoms with Gasteiger partial charge in [0.1, 0.15) is 0 Å². The van der Waals surface area contributed by atoms with Crippen LogP contribution in [0.1, 0.15) is 37.3 Å². The van der Waals surface area contributed by atoms with Crippen molar-refractivity contribution in [2.24, 2.45) is 0 Å². The van der Waals surface area contributed by atoms with Gasteiger partial charge in [0, 0.05) is 6.61 Å². The molecule has 0 amide bonds. The number of aryl methyl sites for hydroxylation is 1. The minimum absolute atomic E-state index is 0.0988. The zero-order valence-corrected chi connectivity index (χ0v) is 13.1. The Morgan fingerprint density at radius 1 is 1.24 bits per heavy atom. The molecule has 0 unspecified atom stereocenters. The zero-order valence-electron chi connectivity index (χ0n) is 13.1. The van der Waals surface area contributed by atoms with E-state index >= 15 is 0 Å². The summed E-state index contributed by atoms with van der Waals surface area (Å²) >= 11 is 0. The second-order valence-corrected chi connectivity index (χ2v) is 4.71. The van der Waals surface area contributed by atoms with Gasteiger partial charge in [-0.3, -0.25) is 4.79 Å². The quantitative estimate of drug-likeness (QED) is 0.746. The van der Waals surface area contributed by atoms with E-state index in [0.29, 0.717) is 30.9 Å². The van der Waals surface area contributed by atoms with Gasteiger partial charge in [0.2, 0.25) is 0 Å². The summed E-state index contributed by atoms with van der Waals surface area (Å²) in [5.74, 6) is 0.537. The first-order valence-electron chi connectivity index (χ1n) is 7.11. The Morgan fingerprint density at radius 2 is 1.86 bits per heavy atom. The highest BCUT2D eigenvalue weighted by Crippen LogP contribution is 2.34. The number of carbonyl (C=O) groups is 1. The lowest BCUT2D eigenvalue weighted by atomic mass is 9.92. The molecule has 1 aromatic rings. The molecule has 0 radical (unpaired) electrons. The molecule has 0 heterocycles. The molecular formula is C16H24O5. The van der Waals surface area contributed by atoms with E-state index in [4.69, 9.17) is 19.3 Å². The average Bonchev–Trinajstić information content (AvgIpc) is 2.51. The van der Waals surface area contributed by atoms with Gasteiger partial charge in [-0.25, -0.2) is 0 Å². The molecule has 118 valence electrons. The van der Waals surface area contributed by atoms with Crippen LogP contribution in [0.3, 0.4) is 0 Å². The van der Waals surface area contributed by atoms with Crippen LogP contribution in [0.4, 0.5) is 0 Å². The van der Waals surface area contributed by atoms with Gasteiger partial charge in [0.25, 0.3) is 0 Å². The first-order valence-corrected chi connectivity index (χ1v) is 7.11. The smallest absolute Gasteiger partial charge is 0.313 e. The maximum atomic E-state index is 12.0. The molecule has 5 nitrogen and oxygen atoms in total. The Kier molecular flexibility index (Phi) is 7.02. The minimum Gasteiger partial charge on any atom is -0.493 e. The number of hydrogen-bond donors (Lipinski definition) is 1. The molecule has 1 aromatic carbocycles. The summed E-state index contributed by atoms with van der Waals surface area (Å²) in [5, 5.41) is 9.03. The van der Waals surface area contributed by atoms with Crippen molar-refractivity contribution in [2.75, 3.05) is 27.4 Å². The molecule has 1 rings (SSSR count). The van der Waals surface area contributed by atoms with Crippen LogP contribution >= 0.6 is 0 Å². The van der Waals surface area contributed by atoms with Crippen LogP contribution in [0.2, 0.25) is 0 Å². The van der Waals surface area contributed by atoms with E-state index in [1.54, 1.807) is 21.1 Å². The van der Waals surface area contributed by atoms with Gasteiger partial charge in [-0.2, -0.15) is 0 Å². The Bertz CT molecular complexity index is 470. The molecule has 1 atom stereocenters. The average molecular weight is 296 g/mol. The van der Waals surface area contributed by atoms with Crippen LogP contribution in [0.25, 0.3) is 0 Å². The molecule has 0 aromatic heterocycles. The lowest BCUT2D eigenvalue weighted by Gasteiger charge is -2.18. The van der Waals surface area contributed by atoms with Gasteiger partial charge in [-0.15, -0.1) is 0 Å². The van der Waals surface area contributed by atoms with Gasteiger partial charge < -0.3 is 19.3 Å². The van der Waals surface area contributed by atoms with E-state index < -0.39 is 5.92 Å². The highest BCUT2D eigenvalue weighted by molar-refractivity contribution is 5.78. The van der Waals surface area contributed by atoms with Crippen LogP contribution in [-0.2, 0) is 16.0 Å². The molecule has 5 heteroatoms. The number of hydrogen-bond acceptors (Lipinski definition) is 5. The fraction of sp³-hybridized carbons (Fsp3) is 0.562. The Balaban J connectivity index is 3.21. The van der Waals surface area contributed by atoms with Crippen LogP contribution in [0.15, 0.2) is 12.1 Å². The molecule has 0 aliphatic rings. The summed E-state index contributed by atoms with van der Waals surface area (Å²) < 4.78 is 15.7. The third-order valence-corrected chi connectivity index (χ3v) is 3.36. The van der Waals surface area contributed by atoms with Gasteiger partial charge >= 0.3 is 5.97 Å². The number of rotatable bonds is 8. The van der Waals surface area contributed by atoms with Crippen molar-refractivity contribution < 1.29 is 24.1 Å². The largest absolute Gasteiger partial charge is 0.493 e. The summed E-state index contributed by atoms with van der Waals surface area (Å²) in [5.41, 5.74) is 1.81.